The van der Waals surface area contributed by atoms with E-state index in [1.807, 2.05) is 47.4 Å². The molecule has 1 spiro atoms. The van der Waals surface area contributed by atoms with Crippen LogP contribution in [-0.2, 0) is 33.4 Å². The smallest absolute Gasteiger partial charge is 0.313 e. The fourth-order valence-electron chi connectivity index (χ4n) is 8.00. The molecular weight excluding hydrogens is 658 g/mol. The molecule has 12 heteroatoms. The lowest BCUT2D eigenvalue weighted by Gasteiger charge is -2.40. The lowest BCUT2D eigenvalue weighted by molar-refractivity contribution is -0.162. The molecule has 1 aromatic carbocycles. The highest BCUT2D eigenvalue weighted by molar-refractivity contribution is 9.11. The predicted octanol–water partition coefficient (Wildman–Crippen LogP) is 2.78. The first-order chi connectivity index (χ1) is 22.3. The summed E-state index contributed by atoms with van der Waals surface area (Å²) >= 11 is 3.59. The van der Waals surface area contributed by atoms with Crippen molar-refractivity contribution in [1.82, 2.24) is 15.1 Å². The van der Waals surface area contributed by atoms with Crippen molar-refractivity contribution in [2.75, 3.05) is 33.4 Å². The number of methoxy groups -OCH3 is 1. The lowest BCUT2D eigenvalue weighted by Crippen LogP contribution is -2.58. The minimum absolute atomic E-state index is 0.0222. The highest BCUT2D eigenvalue weighted by atomic mass is 79.9. The van der Waals surface area contributed by atoms with Gasteiger partial charge in [-0.1, -0.05) is 77.7 Å². The lowest BCUT2D eigenvalue weighted by atomic mass is 9.74. The number of aliphatic hydroxyl groups is 1. The maximum Gasteiger partial charge on any atom is 0.313 e. The molecule has 1 aliphatic carbocycles. The molecule has 5 aliphatic rings. The number of halogens is 1. The highest BCUT2D eigenvalue weighted by Crippen LogP contribution is 2.59. The van der Waals surface area contributed by atoms with Gasteiger partial charge in [-0.15, -0.1) is 0 Å². The van der Waals surface area contributed by atoms with Crippen LogP contribution < -0.4 is 5.32 Å². The van der Waals surface area contributed by atoms with Crippen LogP contribution in [0.5, 0.6) is 0 Å². The number of esters is 1. The van der Waals surface area contributed by atoms with Crippen LogP contribution in [0.3, 0.4) is 0 Å². The molecule has 0 unspecified atom stereocenters. The van der Waals surface area contributed by atoms with E-state index < -0.39 is 53.6 Å². The van der Waals surface area contributed by atoms with Gasteiger partial charge in [-0.2, -0.15) is 0 Å². The molecule has 2 N–H and O–H groups in total. The minimum Gasteiger partial charge on any atom is -0.455 e. The molecule has 5 bridgehead atoms. The van der Waals surface area contributed by atoms with Gasteiger partial charge in [-0.3, -0.25) is 19.2 Å². The summed E-state index contributed by atoms with van der Waals surface area (Å²) in [6.07, 6.45) is 9.27. The van der Waals surface area contributed by atoms with E-state index in [1.165, 1.54) is 12.0 Å². The van der Waals surface area contributed by atoms with E-state index in [-0.39, 0.29) is 44.0 Å². The summed E-state index contributed by atoms with van der Waals surface area (Å²) in [5.41, 5.74) is -0.760. The van der Waals surface area contributed by atoms with E-state index in [9.17, 15) is 24.3 Å². The summed E-state index contributed by atoms with van der Waals surface area (Å²) in [7, 11) is 1.51. The Labute approximate surface area is 277 Å². The van der Waals surface area contributed by atoms with Crippen molar-refractivity contribution in [3.05, 3.63) is 58.6 Å². The maximum atomic E-state index is 14.7. The van der Waals surface area contributed by atoms with E-state index in [0.29, 0.717) is 23.0 Å². The Balaban J connectivity index is 1.44. The number of aliphatic hydroxyl groups excluding tert-OH is 1. The molecule has 11 nitrogen and oxygen atoms in total. The first kappa shape index (κ1) is 32.9. The van der Waals surface area contributed by atoms with Crippen LogP contribution >= 0.6 is 15.9 Å². The van der Waals surface area contributed by atoms with Gasteiger partial charge in [-0.05, 0) is 30.9 Å². The van der Waals surface area contributed by atoms with Crippen molar-refractivity contribution >= 4 is 39.6 Å². The van der Waals surface area contributed by atoms with Crippen molar-refractivity contribution in [2.45, 2.75) is 80.9 Å². The quantitative estimate of drug-likeness (QED) is 0.342. The second kappa shape index (κ2) is 14.0. The molecule has 0 radical (unpaired) electrons. The summed E-state index contributed by atoms with van der Waals surface area (Å²) in [6.45, 7) is -0.0327. The van der Waals surface area contributed by atoms with Crippen LogP contribution in [0.4, 0.5) is 0 Å². The standard InChI is InChI=1S/C34H42BrN3O8/c1-44-20-24-28(21-11-5-2-6-12-21)45-33(43)26-27-31(41)38(17-18-39)30(34(27)19-23(35)29(26)46-34)32(42)37(22-13-7-3-8-14-22)16-10-4-9-15-25(40)36-24/h2,4-6,10-12,19,22,24,26-30,39H,3,7-9,13-18,20H2,1H3,(H,36,40)/b10-4-/t24-,26+,27-,28-,29+,30+,34-/m1/s1. The monoisotopic (exact) mass is 699 g/mol. The molecule has 0 aromatic heterocycles. The number of carbonyl (C=O) groups is 4. The number of hydrogen-bond acceptors (Lipinski definition) is 8. The zero-order valence-corrected chi connectivity index (χ0v) is 27.6. The fraction of sp³-hybridized carbons (Fsp3) is 0.588. The molecule has 4 aliphatic heterocycles. The molecule has 248 valence electrons. The Morgan fingerprint density at radius 2 is 1.80 bits per heavy atom. The van der Waals surface area contributed by atoms with E-state index in [1.54, 1.807) is 6.08 Å². The topological polar surface area (TPSA) is 135 Å². The van der Waals surface area contributed by atoms with E-state index in [2.05, 4.69) is 21.2 Å². The van der Waals surface area contributed by atoms with Crippen LogP contribution in [-0.4, -0.2) is 102 Å². The highest BCUT2D eigenvalue weighted by Gasteiger charge is 2.75. The normalized spacial score (nSPS) is 34.7. The summed E-state index contributed by atoms with van der Waals surface area (Å²) in [5.74, 6) is -3.68. The third kappa shape index (κ3) is 5.93. The van der Waals surface area contributed by atoms with Gasteiger partial charge < -0.3 is 34.4 Å². The first-order valence-electron chi connectivity index (χ1n) is 16.3. The van der Waals surface area contributed by atoms with Crippen LogP contribution in [0, 0.1) is 11.8 Å². The Morgan fingerprint density at radius 1 is 1.04 bits per heavy atom. The molecule has 4 heterocycles. The molecule has 2 saturated heterocycles. The first-order valence-corrected chi connectivity index (χ1v) is 17.1. The van der Waals surface area contributed by atoms with Crippen LogP contribution in [0.15, 0.2) is 53.0 Å². The number of fused-ring (bicyclic) bond motifs is 2. The van der Waals surface area contributed by atoms with Gasteiger partial charge in [0.1, 0.15) is 29.8 Å². The average Bonchev–Trinajstić information content (AvgIpc) is 3.65. The Bertz CT molecular complexity index is 1380. The summed E-state index contributed by atoms with van der Waals surface area (Å²) in [6, 6.07) is 7.31. The second-order valence-corrected chi connectivity index (χ2v) is 13.7. The van der Waals surface area contributed by atoms with Gasteiger partial charge in [0, 0.05) is 37.1 Å². The van der Waals surface area contributed by atoms with Crippen molar-refractivity contribution < 1.29 is 38.5 Å². The number of cyclic esters (lactones) is 1. The molecule has 6 rings (SSSR count). The number of rotatable bonds is 6. The number of amides is 3. The Hall–Kier alpha value is -3.06. The van der Waals surface area contributed by atoms with Crippen molar-refractivity contribution in [1.29, 1.82) is 0 Å². The van der Waals surface area contributed by atoms with Gasteiger partial charge in [0.05, 0.1) is 25.2 Å². The molecule has 7 atom stereocenters. The van der Waals surface area contributed by atoms with Crippen molar-refractivity contribution in [3.63, 3.8) is 0 Å². The number of hydrogen-bond donors (Lipinski definition) is 2. The predicted molar refractivity (Wildman–Crippen MR) is 170 cm³/mol. The number of carbonyl (C=O) groups excluding carboxylic acids is 4. The third-order valence-corrected chi connectivity index (χ3v) is 10.7. The molecular formula is C34H42BrN3O8. The number of nitrogens with one attached hydrogen (secondary N) is 1. The van der Waals surface area contributed by atoms with Crippen molar-refractivity contribution in [3.8, 4) is 0 Å². The zero-order valence-electron chi connectivity index (χ0n) is 26.0. The van der Waals surface area contributed by atoms with E-state index >= 15 is 0 Å². The molecule has 1 aromatic rings. The Morgan fingerprint density at radius 3 is 2.52 bits per heavy atom. The number of nitrogens with zero attached hydrogens (tertiary/aromatic N) is 2. The van der Waals surface area contributed by atoms with E-state index in [4.69, 9.17) is 14.2 Å². The number of allylic oxidation sites excluding steroid dienone is 1. The molecule has 46 heavy (non-hydrogen) atoms. The summed E-state index contributed by atoms with van der Waals surface area (Å²) in [4.78, 5) is 59.7. The minimum atomic E-state index is -1.41. The number of likely N-dealkylation sites (tertiary alicyclic amines) is 1. The maximum absolute atomic E-state index is 14.7. The molecule has 3 fully saturated rings. The number of benzene rings is 1. The van der Waals surface area contributed by atoms with Gasteiger partial charge in [-0.25, -0.2) is 0 Å². The van der Waals surface area contributed by atoms with Gasteiger partial charge in [0.25, 0.3) is 0 Å². The third-order valence-electron chi connectivity index (χ3n) is 10.0. The SMILES string of the molecule is COC[C@H]1NC(=O)CC/C=C\CN(C2CCCCC2)C(=O)[C@@H]2N(CCO)C(=O)[C@H]3[C@H](C(=O)O[C@@H]1c1ccccc1)[C@H]1O[C@@]23C=C1Br. The summed E-state index contributed by atoms with van der Waals surface area (Å²) in [5, 5.41) is 13.0. The number of β-amino-alcohol motifs (C(OH)–C–C–N with tert-alkyl or cyclic N) is 1. The second-order valence-electron chi connectivity index (χ2n) is 12.8. The largest absolute Gasteiger partial charge is 0.455 e. The van der Waals surface area contributed by atoms with E-state index in [0.717, 1.165) is 32.1 Å². The fourth-order valence-corrected chi connectivity index (χ4v) is 8.73. The molecule has 3 amide bonds. The zero-order chi connectivity index (χ0) is 32.4. The van der Waals surface area contributed by atoms with Crippen LogP contribution in [0.2, 0.25) is 0 Å². The van der Waals surface area contributed by atoms with Gasteiger partial charge in [0.2, 0.25) is 17.7 Å². The van der Waals surface area contributed by atoms with Crippen LogP contribution in [0.1, 0.15) is 56.6 Å². The van der Waals surface area contributed by atoms with Crippen molar-refractivity contribution in [2.24, 2.45) is 11.8 Å². The van der Waals surface area contributed by atoms with Gasteiger partial charge in [0.15, 0.2) is 0 Å². The Kier molecular flexibility index (Phi) is 9.98. The molecule has 1 saturated carbocycles. The number of ether oxygens (including phenoxy) is 3. The average molecular weight is 701 g/mol. The summed E-state index contributed by atoms with van der Waals surface area (Å²) < 4.78 is 18.9. The van der Waals surface area contributed by atoms with Gasteiger partial charge >= 0.3 is 5.97 Å². The van der Waals surface area contributed by atoms with Crippen LogP contribution in [0.25, 0.3) is 0 Å².